The second kappa shape index (κ2) is 9.90. The Labute approximate surface area is 211 Å². The highest BCUT2D eigenvalue weighted by atomic mass is 35.5. The maximum absolute atomic E-state index is 12.5. The Morgan fingerprint density at radius 3 is 2.23 bits per heavy atom. The molecule has 0 fully saturated rings. The van der Waals surface area contributed by atoms with Crippen molar-refractivity contribution in [1.29, 1.82) is 0 Å². The summed E-state index contributed by atoms with van der Waals surface area (Å²) >= 11 is 12.1. The van der Waals surface area contributed by atoms with E-state index in [2.05, 4.69) is 15.6 Å². The Morgan fingerprint density at radius 2 is 1.66 bits per heavy atom. The van der Waals surface area contributed by atoms with Gasteiger partial charge >= 0.3 is 5.97 Å². The van der Waals surface area contributed by atoms with Gasteiger partial charge in [-0.2, -0.15) is 0 Å². The number of aliphatic carboxylic acids is 1. The third kappa shape index (κ3) is 4.92. The maximum atomic E-state index is 12.5. The van der Waals surface area contributed by atoms with Crippen LogP contribution in [0.1, 0.15) is 28.4 Å². The van der Waals surface area contributed by atoms with Crippen molar-refractivity contribution in [3.05, 3.63) is 105 Å². The van der Waals surface area contributed by atoms with E-state index in [0.717, 1.165) is 11.1 Å². The van der Waals surface area contributed by atoms with Crippen molar-refractivity contribution in [2.75, 3.05) is 5.32 Å². The van der Waals surface area contributed by atoms with Crippen molar-refractivity contribution in [3.8, 4) is 0 Å². The highest BCUT2D eigenvalue weighted by Crippen LogP contribution is 2.39. The number of rotatable bonds is 8. The highest BCUT2D eigenvalue weighted by Gasteiger charge is 2.46. The average molecular weight is 510 g/mol. The molecule has 0 aliphatic heterocycles. The summed E-state index contributed by atoms with van der Waals surface area (Å²) in [7, 11) is 0. The second-order valence-corrected chi connectivity index (χ2v) is 9.10. The number of carbonyl (C=O) groups excluding carboxylic acids is 2. The monoisotopic (exact) mass is 509 g/mol. The van der Waals surface area contributed by atoms with Crippen LogP contribution in [-0.2, 0) is 21.4 Å². The first kappa shape index (κ1) is 24.4. The molecule has 2 aromatic carbocycles. The normalized spacial score (nSPS) is 17.7. The molecule has 1 aliphatic rings. The summed E-state index contributed by atoms with van der Waals surface area (Å²) in [6.45, 7) is 1.78. The van der Waals surface area contributed by atoms with Crippen molar-refractivity contribution >= 4 is 46.5 Å². The van der Waals surface area contributed by atoms with Crippen molar-refractivity contribution in [1.82, 2.24) is 10.3 Å². The smallest absolute Gasteiger partial charge is 0.326 e. The number of carboxylic acids is 1. The summed E-state index contributed by atoms with van der Waals surface area (Å²) in [5.74, 6) is -1.60. The molecule has 0 spiro atoms. The zero-order chi connectivity index (χ0) is 25.2. The number of benzene rings is 2. The van der Waals surface area contributed by atoms with Crippen LogP contribution in [-0.4, -0.2) is 33.8 Å². The minimum absolute atomic E-state index is 0.0789. The fraction of sp³-hybridized carbons (Fsp3) is 0.154. The first-order valence-electron chi connectivity index (χ1n) is 10.7. The number of halogens is 2. The fourth-order valence-corrected chi connectivity index (χ4v) is 4.44. The number of carbonyl (C=O) groups is 3. The molecule has 1 unspecified atom stereocenters. The number of nitrogens with zero attached hydrogens (tertiary/aromatic N) is 1. The van der Waals surface area contributed by atoms with Crippen LogP contribution in [0.2, 0.25) is 10.0 Å². The fourth-order valence-electron chi connectivity index (χ4n) is 3.90. The van der Waals surface area contributed by atoms with Gasteiger partial charge in [-0.1, -0.05) is 65.7 Å². The molecule has 0 bridgehead atoms. The Kier molecular flexibility index (Phi) is 6.91. The summed E-state index contributed by atoms with van der Waals surface area (Å²) in [6, 6.07) is 15.1. The van der Waals surface area contributed by atoms with E-state index in [1.807, 2.05) is 30.3 Å². The van der Waals surface area contributed by atoms with Crippen molar-refractivity contribution in [2.45, 2.75) is 24.8 Å². The molecule has 35 heavy (non-hydrogen) atoms. The Bertz CT molecular complexity index is 1310. The van der Waals surface area contributed by atoms with Crippen LogP contribution >= 0.6 is 23.2 Å². The first-order chi connectivity index (χ1) is 16.7. The Balaban J connectivity index is 1.45. The molecule has 1 aliphatic carbocycles. The van der Waals surface area contributed by atoms with Crippen LogP contribution < -0.4 is 10.6 Å². The quantitative estimate of drug-likeness (QED) is 0.407. The van der Waals surface area contributed by atoms with Crippen LogP contribution in [0.25, 0.3) is 0 Å². The van der Waals surface area contributed by atoms with Crippen molar-refractivity contribution in [3.63, 3.8) is 0 Å². The van der Waals surface area contributed by atoms with E-state index >= 15 is 0 Å². The van der Waals surface area contributed by atoms with E-state index in [9.17, 15) is 19.5 Å². The average Bonchev–Trinajstić information content (AvgIpc) is 2.84. The van der Waals surface area contributed by atoms with Gasteiger partial charge in [-0.05, 0) is 30.2 Å². The minimum atomic E-state index is -1.04. The number of pyridine rings is 1. The second-order valence-electron chi connectivity index (χ2n) is 8.28. The molecular formula is C26H21Cl2N3O4. The SMILES string of the molecule is CC1(c2ccccc2)C(=O)C=C1N[C@@H](Cc1ccc(NC(=O)c2c(Cl)cncc2Cl)cc1)C(=O)O. The van der Waals surface area contributed by atoms with Crippen molar-refractivity contribution in [2.24, 2.45) is 0 Å². The van der Waals surface area contributed by atoms with Gasteiger partial charge in [0.25, 0.3) is 5.91 Å². The highest BCUT2D eigenvalue weighted by molar-refractivity contribution is 6.40. The minimum Gasteiger partial charge on any atom is -0.480 e. The summed E-state index contributed by atoms with van der Waals surface area (Å²) < 4.78 is 0. The van der Waals surface area contributed by atoms with Crippen LogP contribution in [0.15, 0.2) is 78.8 Å². The van der Waals surface area contributed by atoms with Crippen LogP contribution in [0.5, 0.6) is 0 Å². The van der Waals surface area contributed by atoms with E-state index < -0.39 is 23.3 Å². The van der Waals surface area contributed by atoms with Crippen molar-refractivity contribution < 1.29 is 19.5 Å². The molecule has 7 nitrogen and oxygen atoms in total. The number of aromatic nitrogens is 1. The zero-order valence-corrected chi connectivity index (χ0v) is 20.1. The number of nitrogens with one attached hydrogen (secondary N) is 2. The number of carboxylic acid groups (broad SMARTS) is 1. The predicted molar refractivity (Wildman–Crippen MR) is 134 cm³/mol. The summed E-state index contributed by atoms with van der Waals surface area (Å²) in [4.78, 5) is 40.8. The van der Waals surface area contributed by atoms with Gasteiger partial charge in [-0.25, -0.2) is 4.79 Å². The van der Waals surface area contributed by atoms with Gasteiger partial charge in [-0.15, -0.1) is 0 Å². The molecule has 3 aromatic rings. The lowest BCUT2D eigenvalue weighted by Crippen LogP contribution is -2.52. The predicted octanol–water partition coefficient (Wildman–Crippen LogP) is 4.65. The number of hydrogen-bond donors (Lipinski definition) is 3. The third-order valence-electron chi connectivity index (χ3n) is 6.02. The van der Waals surface area contributed by atoms with Gasteiger partial charge in [0.05, 0.1) is 21.0 Å². The zero-order valence-electron chi connectivity index (χ0n) is 18.6. The molecule has 3 N–H and O–H groups in total. The van der Waals surface area contributed by atoms with Crippen LogP contribution in [0, 0.1) is 0 Å². The summed E-state index contributed by atoms with van der Waals surface area (Å²) in [6.07, 6.45) is 4.27. The summed E-state index contributed by atoms with van der Waals surface area (Å²) in [5, 5.41) is 15.8. The van der Waals surface area contributed by atoms with E-state index in [1.54, 1.807) is 31.2 Å². The number of amides is 1. The van der Waals surface area contributed by atoms with E-state index in [0.29, 0.717) is 11.4 Å². The number of allylic oxidation sites excluding steroid dienone is 2. The van der Waals surface area contributed by atoms with Crippen LogP contribution in [0.3, 0.4) is 0 Å². The van der Waals surface area contributed by atoms with Gasteiger partial charge in [0.1, 0.15) is 6.04 Å². The van der Waals surface area contributed by atoms with Gasteiger partial charge < -0.3 is 15.7 Å². The summed E-state index contributed by atoms with van der Waals surface area (Å²) in [5.41, 5.74) is 1.80. The van der Waals surface area contributed by atoms with Gasteiger partial charge in [0.2, 0.25) is 0 Å². The topological polar surface area (TPSA) is 108 Å². The molecule has 1 amide bonds. The first-order valence-corrected chi connectivity index (χ1v) is 11.5. The molecule has 0 radical (unpaired) electrons. The molecule has 0 saturated heterocycles. The molecule has 4 rings (SSSR count). The molecule has 178 valence electrons. The number of hydrogen-bond acceptors (Lipinski definition) is 5. The van der Waals surface area contributed by atoms with E-state index in [4.69, 9.17) is 23.2 Å². The molecule has 1 heterocycles. The largest absolute Gasteiger partial charge is 0.480 e. The Morgan fingerprint density at radius 1 is 1.03 bits per heavy atom. The van der Waals surface area contributed by atoms with Crippen LogP contribution in [0.4, 0.5) is 5.69 Å². The standard InChI is InChI=1S/C26H21Cl2N3O4/c1-26(16-5-3-2-4-6-16)21(12-22(26)32)31-20(25(34)35)11-15-7-9-17(10-8-15)30-24(33)23-18(27)13-29-14-19(23)28/h2-10,12-14,20,31H,11H2,1H3,(H,30,33)(H,34,35)/t20-,26?/m0/s1. The maximum Gasteiger partial charge on any atom is 0.326 e. The molecular weight excluding hydrogens is 489 g/mol. The Hall–Kier alpha value is -3.68. The van der Waals surface area contributed by atoms with Gasteiger partial charge in [0, 0.05) is 36.3 Å². The molecule has 0 saturated carbocycles. The van der Waals surface area contributed by atoms with Gasteiger partial charge in [0.15, 0.2) is 5.78 Å². The molecule has 1 aromatic heterocycles. The number of anilines is 1. The van der Waals surface area contributed by atoms with E-state index in [1.165, 1.54) is 18.5 Å². The number of ketones is 1. The lowest BCUT2D eigenvalue weighted by atomic mass is 9.68. The van der Waals surface area contributed by atoms with Gasteiger partial charge in [-0.3, -0.25) is 14.6 Å². The lowest BCUT2D eigenvalue weighted by molar-refractivity contribution is -0.139. The van der Waals surface area contributed by atoms with E-state index in [-0.39, 0.29) is 27.8 Å². The lowest BCUT2D eigenvalue weighted by Gasteiger charge is -2.39. The molecule has 2 atom stereocenters. The molecule has 9 heteroatoms. The third-order valence-corrected chi connectivity index (χ3v) is 6.59.